The fourth-order valence-corrected chi connectivity index (χ4v) is 2.48. The van der Waals surface area contributed by atoms with Gasteiger partial charge in [-0.15, -0.1) is 0 Å². The molecule has 0 amide bonds. The van der Waals surface area contributed by atoms with Crippen LogP contribution in [0.15, 0.2) is 16.6 Å². The van der Waals surface area contributed by atoms with Gasteiger partial charge in [-0.25, -0.2) is 4.79 Å². The number of carbonyl (C=O) groups is 1. The van der Waals surface area contributed by atoms with E-state index in [4.69, 9.17) is 0 Å². The highest BCUT2D eigenvalue weighted by molar-refractivity contribution is 9.10. The van der Waals surface area contributed by atoms with E-state index in [-0.39, 0.29) is 11.3 Å². The molecule has 0 saturated heterocycles. The Morgan fingerprint density at radius 3 is 2.62 bits per heavy atom. The molecule has 7 heteroatoms. The highest BCUT2D eigenvalue weighted by Gasteiger charge is 2.19. The molecule has 0 unspecified atom stereocenters. The Hall–Kier alpha value is -0.950. The van der Waals surface area contributed by atoms with Crippen molar-refractivity contribution >= 4 is 43.5 Å². The first-order valence-electron chi connectivity index (χ1n) is 4.12. The van der Waals surface area contributed by atoms with E-state index in [0.717, 1.165) is 0 Å². The highest BCUT2D eigenvalue weighted by atomic mass is 79.9. The summed E-state index contributed by atoms with van der Waals surface area (Å²) in [5, 5.41) is 11.1. The van der Waals surface area contributed by atoms with E-state index in [1.54, 1.807) is 0 Å². The Kier molecular flexibility index (Phi) is 4.43. The maximum Gasteiger partial charge on any atom is 0.339 e. The minimum absolute atomic E-state index is 0.141. The van der Waals surface area contributed by atoms with Crippen molar-refractivity contribution in [3.63, 3.8) is 0 Å². The second-order valence-corrected chi connectivity index (χ2v) is 4.20. The Morgan fingerprint density at radius 2 is 2.19 bits per heavy atom. The van der Waals surface area contributed by atoms with E-state index in [1.807, 2.05) is 0 Å². The molecular formula is C9H7Br2NO4. The predicted octanol–water partition coefficient (Wildman–Crippen LogP) is 3.04. The summed E-state index contributed by atoms with van der Waals surface area (Å²) >= 11 is 6.40. The number of hydrogen-bond donors (Lipinski definition) is 0. The maximum atomic E-state index is 11.4. The van der Waals surface area contributed by atoms with E-state index in [1.165, 1.54) is 19.2 Å². The van der Waals surface area contributed by atoms with Gasteiger partial charge in [0, 0.05) is 21.9 Å². The van der Waals surface area contributed by atoms with Crippen molar-refractivity contribution in [1.82, 2.24) is 0 Å². The molecule has 0 saturated carbocycles. The van der Waals surface area contributed by atoms with Gasteiger partial charge in [0.15, 0.2) is 0 Å². The summed E-state index contributed by atoms with van der Waals surface area (Å²) in [4.78, 5) is 21.5. The van der Waals surface area contributed by atoms with Gasteiger partial charge >= 0.3 is 5.97 Å². The van der Waals surface area contributed by atoms with Gasteiger partial charge in [-0.05, 0) is 21.5 Å². The third kappa shape index (κ3) is 2.59. The van der Waals surface area contributed by atoms with Gasteiger partial charge in [-0.2, -0.15) is 0 Å². The lowest BCUT2D eigenvalue weighted by Gasteiger charge is -2.06. The molecule has 1 aromatic rings. The van der Waals surface area contributed by atoms with Gasteiger partial charge in [0.2, 0.25) is 0 Å². The lowest BCUT2D eigenvalue weighted by molar-refractivity contribution is -0.385. The molecule has 5 nitrogen and oxygen atoms in total. The number of methoxy groups -OCH3 is 1. The van der Waals surface area contributed by atoms with Crippen molar-refractivity contribution in [3.8, 4) is 0 Å². The lowest BCUT2D eigenvalue weighted by Crippen LogP contribution is -2.05. The van der Waals surface area contributed by atoms with Gasteiger partial charge in [-0.1, -0.05) is 15.9 Å². The summed E-state index contributed by atoms with van der Waals surface area (Å²) in [5.41, 5.74) is 0.624. The molecule has 0 radical (unpaired) electrons. The van der Waals surface area contributed by atoms with Crippen molar-refractivity contribution in [2.45, 2.75) is 5.33 Å². The van der Waals surface area contributed by atoms with Crippen LogP contribution >= 0.6 is 31.9 Å². The monoisotopic (exact) mass is 351 g/mol. The maximum absolute atomic E-state index is 11.4. The molecule has 1 aromatic carbocycles. The number of nitrogens with zero attached hydrogens (tertiary/aromatic N) is 1. The zero-order chi connectivity index (χ0) is 12.3. The van der Waals surface area contributed by atoms with Gasteiger partial charge in [0.25, 0.3) is 5.69 Å². The fourth-order valence-electron chi connectivity index (χ4n) is 1.13. The summed E-state index contributed by atoms with van der Waals surface area (Å²) in [5.74, 6) is -0.613. The molecule has 0 N–H and O–H groups in total. The summed E-state index contributed by atoms with van der Waals surface area (Å²) < 4.78 is 5.05. The van der Waals surface area contributed by atoms with Gasteiger partial charge < -0.3 is 4.74 Å². The number of esters is 1. The lowest BCUT2D eigenvalue weighted by atomic mass is 10.1. The van der Waals surface area contributed by atoms with Crippen LogP contribution in [0.1, 0.15) is 15.9 Å². The molecule has 0 aliphatic heterocycles. The Labute approximate surface area is 108 Å². The third-order valence-corrected chi connectivity index (χ3v) is 3.43. The van der Waals surface area contributed by atoms with Crippen LogP contribution in [0.2, 0.25) is 0 Å². The first kappa shape index (κ1) is 13.1. The number of rotatable bonds is 3. The first-order valence-corrected chi connectivity index (χ1v) is 6.03. The molecular weight excluding hydrogens is 346 g/mol. The number of hydrogen-bond acceptors (Lipinski definition) is 4. The number of nitro groups is 1. The van der Waals surface area contributed by atoms with E-state index in [2.05, 4.69) is 36.6 Å². The van der Waals surface area contributed by atoms with Crippen LogP contribution in [0.4, 0.5) is 5.69 Å². The second kappa shape index (κ2) is 5.40. The molecule has 1 rings (SSSR count). The summed E-state index contributed by atoms with van der Waals surface area (Å²) in [7, 11) is 1.22. The third-order valence-electron chi connectivity index (χ3n) is 1.89. The minimum Gasteiger partial charge on any atom is -0.465 e. The number of non-ortho nitro benzene ring substituents is 1. The normalized spacial score (nSPS) is 9.94. The zero-order valence-electron chi connectivity index (χ0n) is 8.20. The fraction of sp³-hybridized carbons (Fsp3) is 0.222. The van der Waals surface area contributed by atoms with Crippen molar-refractivity contribution in [3.05, 3.63) is 37.8 Å². The van der Waals surface area contributed by atoms with E-state index in [0.29, 0.717) is 15.4 Å². The van der Waals surface area contributed by atoms with Gasteiger partial charge in [-0.3, -0.25) is 10.1 Å². The number of halogens is 2. The molecule has 0 bridgehead atoms. The number of alkyl halides is 1. The molecule has 16 heavy (non-hydrogen) atoms. The van der Waals surface area contributed by atoms with Crippen LogP contribution in [0, 0.1) is 10.1 Å². The number of nitro benzene ring substituents is 1. The molecule has 0 atom stereocenters. The highest BCUT2D eigenvalue weighted by Crippen LogP contribution is 2.29. The Morgan fingerprint density at radius 1 is 1.56 bits per heavy atom. The average Bonchev–Trinajstić information content (AvgIpc) is 2.28. The van der Waals surface area contributed by atoms with Crippen LogP contribution in [0.25, 0.3) is 0 Å². The molecule has 0 aliphatic carbocycles. The predicted molar refractivity (Wildman–Crippen MR) is 64.8 cm³/mol. The van der Waals surface area contributed by atoms with Crippen LogP contribution in [0.5, 0.6) is 0 Å². The largest absolute Gasteiger partial charge is 0.465 e. The molecule has 0 fully saturated rings. The second-order valence-electron chi connectivity index (χ2n) is 2.85. The molecule has 0 heterocycles. The summed E-state index contributed by atoms with van der Waals surface area (Å²) in [6.45, 7) is 0. The van der Waals surface area contributed by atoms with Crippen LogP contribution in [-0.4, -0.2) is 18.0 Å². The van der Waals surface area contributed by atoms with Gasteiger partial charge in [0.05, 0.1) is 17.6 Å². The van der Waals surface area contributed by atoms with Crippen LogP contribution in [0.3, 0.4) is 0 Å². The topological polar surface area (TPSA) is 69.4 Å². The van der Waals surface area contributed by atoms with Crippen molar-refractivity contribution in [1.29, 1.82) is 0 Å². The smallest absolute Gasteiger partial charge is 0.339 e. The van der Waals surface area contributed by atoms with Crippen molar-refractivity contribution < 1.29 is 14.5 Å². The standard InChI is InChI=1S/C9H7Br2NO4/c1-16-9(13)7-3-6(12(14)15)2-5(4-10)8(7)11/h2-3H,4H2,1H3. The quantitative estimate of drug-likeness (QED) is 0.363. The van der Waals surface area contributed by atoms with Crippen molar-refractivity contribution in [2.75, 3.05) is 7.11 Å². The van der Waals surface area contributed by atoms with E-state index in [9.17, 15) is 14.9 Å². The first-order chi connectivity index (χ1) is 7.51. The zero-order valence-corrected chi connectivity index (χ0v) is 11.4. The Balaban J connectivity index is 3.41. The molecule has 0 spiro atoms. The SMILES string of the molecule is COC(=O)c1cc([N+](=O)[O-])cc(CBr)c1Br. The van der Waals surface area contributed by atoms with Crippen LogP contribution in [-0.2, 0) is 10.1 Å². The molecule has 86 valence electrons. The van der Waals surface area contributed by atoms with E-state index < -0.39 is 10.9 Å². The number of ether oxygens (including phenoxy) is 1. The van der Waals surface area contributed by atoms with Gasteiger partial charge in [0.1, 0.15) is 0 Å². The summed E-state index contributed by atoms with van der Waals surface area (Å²) in [6, 6.07) is 2.58. The average molecular weight is 353 g/mol. The summed E-state index contributed by atoms with van der Waals surface area (Å²) in [6.07, 6.45) is 0. The van der Waals surface area contributed by atoms with Crippen LogP contribution < -0.4 is 0 Å². The number of benzene rings is 1. The van der Waals surface area contributed by atoms with E-state index >= 15 is 0 Å². The number of carbonyl (C=O) groups excluding carboxylic acids is 1. The minimum atomic E-state index is -0.613. The van der Waals surface area contributed by atoms with Crippen molar-refractivity contribution in [2.24, 2.45) is 0 Å². The molecule has 0 aliphatic rings. The molecule has 0 aromatic heterocycles. The Bertz CT molecular complexity index is 447.